The van der Waals surface area contributed by atoms with Crippen LogP contribution in [0, 0.1) is 18.6 Å². The summed E-state index contributed by atoms with van der Waals surface area (Å²) in [5.41, 5.74) is 9.19. The summed E-state index contributed by atoms with van der Waals surface area (Å²) in [5, 5.41) is 9.41. The van der Waals surface area contributed by atoms with Crippen LogP contribution in [0.4, 0.5) is 20.2 Å². The standard InChI is InChI=1S/C26H26F2N6OS/c1-16-5-2-7-20(27)19(16)14-34-12-17(11-30-34)26-32-23(15-36-26)25(35)31-22-9-3-8-21(28)24(22)33-10-4-6-18(29)13-33/h2-3,5,7-9,11-12,15,18H,4,6,10,13-14,29H2,1H3,(H,31,35)/t18-/m1/s1. The van der Waals surface area contributed by atoms with Crippen molar-refractivity contribution in [3.05, 3.63) is 82.6 Å². The Bertz CT molecular complexity index is 1380. The van der Waals surface area contributed by atoms with E-state index < -0.39 is 11.7 Å². The molecule has 1 aliphatic rings. The van der Waals surface area contributed by atoms with E-state index in [1.165, 1.54) is 23.5 Å². The van der Waals surface area contributed by atoms with E-state index >= 15 is 0 Å². The molecule has 0 unspecified atom stereocenters. The second-order valence-corrected chi connectivity index (χ2v) is 9.80. The molecule has 4 aromatic rings. The SMILES string of the molecule is Cc1cccc(F)c1Cn1cc(-c2nc(C(=O)Nc3cccc(F)c3N3CCC[C@@H](N)C3)cs2)cn1. The number of carbonyl (C=O) groups is 1. The van der Waals surface area contributed by atoms with E-state index in [1.807, 2.05) is 17.9 Å². The quantitative estimate of drug-likeness (QED) is 0.390. The summed E-state index contributed by atoms with van der Waals surface area (Å²) < 4.78 is 30.6. The zero-order valence-electron chi connectivity index (χ0n) is 19.7. The normalized spacial score (nSPS) is 15.8. The minimum absolute atomic E-state index is 0.0359. The number of halogens is 2. The molecule has 1 fully saturated rings. The van der Waals surface area contributed by atoms with Gasteiger partial charge >= 0.3 is 0 Å². The van der Waals surface area contributed by atoms with E-state index in [4.69, 9.17) is 5.73 Å². The number of benzene rings is 2. The summed E-state index contributed by atoms with van der Waals surface area (Å²) >= 11 is 1.30. The van der Waals surface area contributed by atoms with Crippen molar-refractivity contribution in [3.8, 4) is 10.6 Å². The predicted molar refractivity (Wildman–Crippen MR) is 137 cm³/mol. The summed E-state index contributed by atoms with van der Waals surface area (Å²) in [4.78, 5) is 19.3. The molecular formula is C26H26F2N6OS. The van der Waals surface area contributed by atoms with Crippen LogP contribution in [0.1, 0.15) is 34.5 Å². The number of carbonyl (C=O) groups excluding carboxylic acids is 1. The van der Waals surface area contributed by atoms with Crippen LogP contribution in [0.2, 0.25) is 0 Å². The van der Waals surface area contributed by atoms with Crippen LogP contribution in [0.15, 0.2) is 54.2 Å². The third kappa shape index (κ3) is 5.00. The first kappa shape index (κ1) is 24.1. The van der Waals surface area contributed by atoms with Gasteiger partial charge in [-0.15, -0.1) is 11.3 Å². The lowest BCUT2D eigenvalue weighted by atomic mass is 10.1. The zero-order chi connectivity index (χ0) is 25.2. The lowest BCUT2D eigenvalue weighted by molar-refractivity contribution is 0.102. The molecule has 0 aliphatic carbocycles. The van der Waals surface area contributed by atoms with Crippen molar-refractivity contribution in [2.24, 2.45) is 5.73 Å². The van der Waals surface area contributed by atoms with E-state index in [9.17, 15) is 13.6 Å². The Morgan fingerprint density at radius 2 is 2.03 bits per heavy atom. The number of rotatable bonds is 6. The van der Waals surface area contributed by atoms with Gasteiger partial charge < -0.3 is 16.0 Å². The molecule has 0 spiro atoms. The van der Waals surface area contributed by atoms with Gasteiger partial charge in [-0.1, -0.05) is 18.2 Å². The number of para-hydroxylation sites is 1. The van der Waals surface area contributed by atoms with E-state index in [0.29, 0.717) is 41.6 Å². The van der Waals surface area contributed by atoms with Crippen molar-refractivity contribution in [2.75, 3.05) is 23.3 Å². The van der Waals surface area contributed by atoms with Crippen LogP contribution < -0.4 is 16.0 Å². The molecular weight excluding hydrogens is 482 g/mol. The first-order valence-electron chi connectivity index (χ1n) is 11.7. The van der Waals surface area contributed by atoms with Crippen LogP contribution in [0.3, 0.4) is 0 Å². The number of hydrogen-bond acceptors (Lipinski definition) is 6. The number of nitrogens with zero attached hydrogens (tertiary/aromatic N) is 4. The lowest BCUT2D eigenvalue weighted by Gasteiger charge is -2.34. The highest BCUT2D eigenvalue weighted by Gasteiger charge is 2.24. The smallest absolute Gasteiger partial charge is 0.275 e. The van der Waals surface area contributed by atoms with Gasteiger partial charge in [-0.3, -0.25) is 9.48 Å². The average molecular weight is 509 g/mol. The Kier molecular flexibility index (Phi) is 6.80. The van der Waals surface area contributed by atoms with Gasteiger partial charge in [0.05, 0.1) is 24.1 Å². The van der Waals surface area contributed by atoms with E-state index in [1.54, 1.807) is 40.7 Å². The van der Waals surface area contributed by atoms with Gasteiger partial charge in [-0.25, -0.2) is 13.8 Å². The van der Waals surface area contributed by atoms with Crippen LogP contribution in [-0.2, 0) is 6.54 Å². The molecule has 1 aliphatic heterocycles. The molecule has 0 bridgehead atoms. The van der Waals surface area contributed by atoms with Crippen molar-refractivity contribution < 1.29 is 13.6 Å². The summed E-state index contributed by atoms with van der Waals surface area (Å²) in [7, 11) is 0. The maximum absolute atomic E-state index is 14.8. The maximum atomic E-state index is 14.8. The van der Waals surface area contributed by atoms with Gasteiger partial charge in [0.15, 0.2) is 0 Å². The number of nitrogens with two attached hydrogens (primary N) is 1. The molecule has 10 heteroatoms. The van der Waals surface area contributed by atoms with Crippen LogP contribution >= 0.6 is 11.3 Å². The summed E-state index contributed by atoms with van der Waals surface area (Å²) in [6.07, 6.45) is 5.17. The molecule has 2 aromatic heterocycles. The molecule has 0 radical (unpaired) electrons. The fraction of sp³-hybridized carbons (Fsp3) is 0.269. The molecule has 2 aromatic carbocycles. The summed E-state index contributed by atoms with van der Waals surface area (Å²) in [6, 6.07) is 9.56. The zero-order valence-corrected chi connectivity index (χ0v) is 20.6. The minimum atomic E-state index is -0.431. The number of hydrogen-bond donors (Lipinski definition) is 2. The van der Waals surface area contributed by atoms with E-state index in [0.717, 1.165) is 24.0 Å². The van der Waals surface area contributed by atoms with Gasteiger partial charge in [-0.2, -0.15) is 5.10 Å². The number of aromatic nitrogens is 3. The Balaban J connectivity index is 1.32. The number of piperidine rings is 1. The second kappa shape index (κ2) is 10.2. The van der Waals surface area contributed by atoms with Crippen molar-refractivity contribution in [2.45, 2.75) is 32.4 Å². The van der Waals surface area contributed by atoms with Crippen LogP contribution in [0.25, 0.3) is 10.6 Å². The molecule has 1 saturated heterocycles. The van der Waals surface area contributed by atoms with Gasteiger partial charge in [0.25, 0.3) is 5.91 Å². The first-order valence-corrected chi connectivity index (χ1v) is 12.6. The van der Waals surface area contributed by atoms with E-state index in [-0.39, 0.29) is 17.6 Å². The highest BCUT2D eigenvalue weighted by atomic mass is 32.1. The molecule has 36 heavy (non-hydrogen) atoms. The highest BCUT2D eigenvalue weighted by molar-refractivity contribution is 7.13. The number of aryl methyl sites for hydroxylation is 1. The average Bonchev–Trinajstić information content (AvgIpc) is 3.52. The molecule has 3 heterocycles. The minimum Gasteiger partial charge on any atom is -0.366 e. The first-order chi connectivity index (χ1) is 17.4. The largest absolute Gasteiger partial charge is 0.366 e. The topological polar surface area (TPSA) is 89.1 Å². The Morgan fingerprint density at radius 1 is 1.22 bits per heavy atom. The van der Waals surface area contributed by atoms with Crippen molar-refractivity contribution in [1.82, 2.24) is 14.8 Å². The second-order valence-electron chi connectivity index (χ2n) is 8.94. The lowest BCUT2D eigenvalue weighted by Crippen LogP contribution is -2.43. The highest BCUT2D eigenvalue weighted by Crippen LogP contribution is 2.32. The van der Waals surface area contributed by atoms with Crippen LogP contribution in [0.5, 0.6) is 0 Å². The molecule has 1 atom stereocenters. The Morgan fingerprint density at radius 3 is 2.83 bits per heavy atom. The number of thiazole rings is 1. The van der Waals surface area contributed by atoms with Gasteiger partial charge in [-0.05, 0) is 43.5 Å². The fourth-order valence-corrected chi connectivity index (χ4v) is 5.21. The van der Waals surface area contributed by atoms with Crippen molar-refractivity contribution in [3.63, 3.8) is 0 Å². The Labute approximate surface area is 211 Å². The van der Waals surface area contributed by atoms with Crippen molar-refractivity contribution >= 4 is 28.6 Å². The third-order valence-corrected chi connectivity index (χ3v) is 7.19. The molecule has 5 rings (SSSR count). The maximum Gasteiger partial charge on any atom is 0.275 e. The van der Waals surface area contributed by atoms with Crippen molar-refractivity contribution in [1.29, 1.82) is 0 Å². The van der Waals surface area contributed by atoms with Gasteiger partial charge in [0.1, 0.15) is 22.3 Å². The van der Waals surface area contributed by atoms with Gasteiger partial charge in [0.2, 0.25) is 0 Å². The third-order valence-electron chi connectivity index (χ3n) is 6.30. The monoisotopic (exact) mass is 508 g/mol. The predicted octanol–water partition coefficient (Wildman–Crippen LogP) is 4.82. The Hall–Kier alpha value is -3.63. The van der Waals surface area contributed by atoms with Crippen LogP contribution in [-0.4, -0.2) is 39.8 Å². The molecule has 1 amide bonds. The summed E-state index contributed by atoms with van der Waals surface area (Å²) in [5.74, 6) is -1.11. The molecule has 186 valence electrons. The summed E-state index contributed by atoms with van der Waals surface area (Å²) in [6.45, 7) is 3.35. The number of anilines is 2. The molecule has 7 nitrogen and oxygen atoms in total. The number of nitrogens with one attached hydrogen (secondary N) is 1. The molecule has 3 N–H and O–H groups in total. The molecule has 0 saturated carbocycles. The van der Waals surface area contributed by atoms with Gasteiger partial charge in [0, 0.05) is 41.8 Å². The number of amides is 1. The van der Waals surface area contributed by atoms with E-state index in [2.05, 4.69) is 15.4 Å². The fourth-order valence-electron chi connectivity index (χ4n) is 4.44.